The normalized spacial score (nSPS) is 30.6. The second-order valence-corrected chi connectivity index (χ2v) is 16.7. The van der Waals surface area contributed by atoms with Gasteiger partial charge in [0.2, 0.25) is 0 Å². The Hall–Kier alpha value is -3.44. The van der Waals surface area contributed by atoms with Crippen molar-refractivity contribution in [2.24, 2.45) is 5.41 Å². The summed E-state index contributed by atoms with van der Waals surface area (Å²) in [5.74, 6) is 0.385. The minimum atomic E-state index is -1.75. The summed E-state index contributed by atoms with van der Waals surface area (Å²) in [4.78, 5) is 24.3. The number of nitrogen functional groups attached to an aromatic ring is 2. The molecule has 2 fully saturated rings. The second kappa shape index (κ2) is 13.1. The molecule has 2 aliphatic heterocycles. The van der Waals surface area contributed by atoms with Gasteiger partial charge in [0.25, 0.3) is 0 Å². The summed E-state index contributed by atoms with van der Waals surface area (Å²) in [6.07, 6.45) is -2.57. The molecule has 6 rings (SSSR count). The molecular formula is C28H44N10O9Si. The molecule has 0 aromatic carbocycles. The van der Waals surface area contributed by atoms with Gasteiger partial charge >= 0.3 is 0 Å². The Morgan fingerprint density at radius 3 is 1.90 bits per heavy atom. The van der Waals surface area contributed by atoms with E-state index in [2.05, 4.69) is 29.9 Å². The number of nitrogens with zero attached hydrogens (tertiary/aromatic N) is 8. The van der Waals surface area contributed by atoms with Crippen LogP contribution in [0.3, 0.4) is 0 Å². The average Bonchev–Trinajstić information content (AvgIpc) is 3.79. The number of hydrogen-bond donors (Lipinski definition) is 9. The lowest BCUT2D eigenvalue weighted by molar-refractivity contribution is -0.183. The van der Waals surface area contributed by atoms with Crippen molar-refractivity contribution in [2.75, 3.05) is 24.7 Å². The standard InChI is InChI=1S/C18H31N5O5Si.C10H13N5O4/c1-16(2,3)18(27,29(4)5)7-17(13(26)12(25)10(6-24)28-17)23-9-22-11-14(19)20-8-21-15(11)23;11-8-5-9(13-2-12-8)15(3-14-5)10-7(18)6(17)4(1-16)19-10/h8-10,12-13,24-27,29H,6-7H2,1-5H3,(H2,19,20,21);2-4,6-7,10,16-18H,1H2,(H2,11,12,13)/t10-,12-,13-,17-,18?;4-,6-,7-,10-/m11/s1. The van der Waals surface area contributed by atoms with E-state index in [1.165, 1.54) is 34.4 Å². The second-order valence-electron chi connectivity index (χ2n) is 13.5. The average molecular weight is 693 g/mol. The summed E-state index contributed by atoms with van der Waals surface area (Å²) in [5, 5.41) is 70.7. The highest BCUT2D eigenvalue weighted by Gasteiger charge is 2.61. The van der Waals surface area contributed by atoms with Crippen molar-refractivity contribution in [3.05, 3.63) is 25.3 Å². The number of aliphatic hydroxyl groups is 7. The van der Waals surface area contributed by atoms with Gasteiger partial charge in [-0.15, -0.1) is 0 Å². The molecule has 0 radical (unpaired) electrons. The summed E-state index contributed by atoms with van der Waals surface area (Å²) in [5.41, 5.74) is 10.9. The summed E-state index contributed by atoms with van der Waals surface area (Å²) in [6, 6.07) is 0. The fourth-order valence-electron chi connectivity index (χ4n) is 6.47. The lowest BCUT2D eigenvalue weighted by Gasteiger charge is -2.49. The molecule has 4 aromatic rings. The fourth-order valence-corrected chi connectivity index (χ4v) is 8.90. The largest absolute Gasteiger partial charge is 0.394 e. The Kier molecular flexibility index (Phi) is 9.80. The number of imidazole rings is 2. The summed E-state index contributed by atoms with van der Waals surface area (Å²) < 4.78 is 14.4. The molecule has 2 saturated heterocycles. The lowest BCUT2D eigenvalue weighted by Crippen LogP contribution is -2.60. The maximum atomic E-state index is 11.8. The minimum absolute atomic E-state index is 0.0164. The van der Waals surface area contributed by atoms with Crippen LogP contribution in [0.5, 0.6) is 0 Å². The number of hydrogen-bond acceptors (Lipinski definition) is 17. The van der Waals surface area contributed by atoms with Crippen LogP contribution in [-0.4, -0.2) is 139 Å². The molecule has 0 amide bonds. The highest BCUT2D eigenvalue weighted by atomic mass is 28.3. The van der Waals surface area contributed by atoms with E-state index >= 15 is 0 Å². The number of aliphatic hydroxyl groups excluding tert-OH is 6. The molecule has 11 N–H and O–H groups in total. The van der Waals surface area contributed by atoms with E-state index in [0.29, 0.717) is 22.3 Å². The number of fused-ring (bicyclic) bond motifs is 2. The van der Waals surface area contributed by atoms with Crippen LogP contribution in [0, 0.1) is 5.41 Å². The molecule has 48 heavy (non-hydrogen) atoms. The zero-order valence-corrected chi connectivity index (χ0v) is 28.4. The van der Waals surface area contributed by atoms with Crippen molar-refractivity contribution in [1.29, 1.82) is 0 Å². The smallest absolute Gasteiger partial charge is 0.179 e. The number of rotatable bonds is 7. The van der Waals surface area contributed by atoms with Crippen LogP contribution < -0.4 is 11.5 Å². The van der Waals surface area contributed by atoms with Gasteiger partial charge in [-0.1, -0.05) is 33.9 Å². The van der Waals surface area contributed by atoms with Gasteiger partial charge in [0.15, 0.2) is 34.9 Å². The van der Waals surface area contributed by atoms with Gasteiger partial charge in [-0.05, 0) is 5.41 Å². The van der Waals surface area contributed by atoms with Gasteiger partial charge in [0.1, 0.15) is 60.3 Å². The Morgan fingerprint density at radius 2 is 1.38 bits per heavy atom. The molecule has 9 atom stereocenters. The van der Waals surface area contributed by atoms with Crippen LogP contribution in [0.15, 0.2) is 25.3 Å². The summed E-state index contributed by atoms with van der Waals surface area (Å²) in [6.45, 7) is 8.96. The third-order valence-corrected chi connectivity index (χ3v) is 12.4. The van der Waals surface area contributed by atoms with Crippen molar-refractivity contribution in [2.45, 2.75) is 94.1 Å². The molecule has 1 unspecified atom stereocenters. The third-order valence-electron chi connectivity index (χ3n) is 9.43. The molecule has 2 aliphatic rings. The zero-order chi connectivity index (χ0) is 35.3. The number of nitrogens with two attached hydrogens (primary N) is 2. The third kappa shape index (κ3) is 5.80. The van der Waals surface area contributed by atoms with Crippen LogP contribution in [0.2, 0.25) is 13.1 Å². The molecule has 19 nitrogen and oxygen atoms in total. The van der Waals surface area contributed by atoms with E-state index in [9.17, 15) is 30.6 Å². The van der Waals surface area contributed by atoms with Gasteiger partial charge < -0.3 is 56.7 Å². The molecular weight excluding hydrogens is 648 g/mol. The van der Waals surface area contributed by atoms with Gasteiger partial charge in [-0.3, -0.25) is 9.13 Å². The fraction of sp³-hybridized carbons (Fsp3) is 0.643. The van der Waals surface area contributed by atoms with E-state index < -0.39 is 81.2 Å². The molecule has 20 heteroatoms. The molecule has 0 bridgehead atoms. The van der Waals surface area contributed by atoms with Crippen molar-refractivity contribution >= 4 is 42.8 Å². The summed E-state index contributed by atoms with van der Waals surface area (Å²) in [7, 11) is -1.75. The SMILES string of the molecule is C[SiH](C)C(O)(C[C@@]1(n2cnc3c(N)ncnc32)O[C@H](CO)[C@@H](O)[C@H]1O)C(C)(C)C.Nc1ncnc2c1ncn2[C@@H]1O[C@H](CO)[C@@H](O)[C@H]1O. The molecule has 6 heterocycles. The minimum Gasteiger partial charge on any atom is -0.394 e. The predicted molar refractivity (Wildman–Crippen MR) is 172 cm³/mol. The first-order valence-corrected chi connectivity index (χ1v) is 18.3. The number of anilines is 2. The predicted octanol–water partition coefficient (Wildman–Crippen LogP) is -2.61. The van der Waals surface area contributed by atoms with E-state index in [4.69, 9.17) is 26.0 Å². The highest BCUT2D eigenvalue weighted by molar-refractivity contribution is 6.59. The molecule has 0 saturated carbocycles. The first kappa shape index (κ1) is 35.9. The topological polar surface area (TPSA) is 299 Å². The van der Waals surface area contributed by atoms with Crippen LogP contribution >= 0.6 is 0 Å². The molecule has 0 spiro atoms. The van der Waals surface area contributed by atoms with Crippen LogP contribution in [-0.2, 0) is 15.2 Å². The van der Waals surface area contributed by atoms with Crippen molar-refractivity contribution < 1.29 is 45.2 Å². The van der Waals surface area contributed by atoms with E-state index in [1.54, 1.807) is 0 Å². The van der Waals surface area contributed by atoms with Gasteiger partial charge in [-0.2, -0.15) is 0 Å². The Bertz CT molecular complexity index is 1740. The quantitative estimate of drug-likeness (QED) is 0.0896. The maximum Gasteiger partial charge on any atom is 0.179 e. The molecule has 0 aliphatic carbocycles. The number of aromatic nitrogens is 8. The Labute approximate surface area is 276 Å². The lowest BCUT2D eigenvalue weighted by atomic mass is 9.81. The Morgan fingerprint density at radius 1 is 0.812 bits per heavy atom. The maximum absolute atomic E-state index is 11.8. The summed E-state index contributed by atoms with van der Waals surface area (Å²) >= 11 is 0. The first-order valence-electron chi connectivity index (χ1n) is 15.4. The van der Waals surface area contributed by atoms with Gasteiger partial charge in [0.05, 0.1) is 39.9 Å². The van der Waals surface area contributed by atoms with E-state index in [-0.39, 0.29) is 18.1 Å². The molecule has 4 aromatic heterocycles. The number of ether oxygens (including phenoxy) is 2. The van der Waals surface area contributed by atoms with Gasteiger partial charge in [-0.25, -0.2) is 29.9 Å². The zero-order valence-electron chi connectivity index (χ0n) is 27.2. The van der Waals surface area contributed by atoms with E-state index in [0.717, 1.165) is 0 Å². The van der Waals surface area contributed by atoms with Crippen LogP contribution in [0.1, 0.15) is 33.4 Å². The first-order chi connectivity index (χ1) is 22.5. The monoisotopic (exact) mass is 692 g/mol. The van der Waals surface area contributed by atoms with Crippen LogP contribution in [0.25, 0.3) is 22.3 Å². The highest BCUT2D eigenvalue weighted by Crippen LogP contribution is 2.48. The molecule has 264 valence electrons. The van der Waals surface area contributed by atoms with Gasteiger partial charge in [0, 0.05) is 6.42 Å². The van der Waals surface area contributed by atoms with Crippen molar-refractivity contribution in [1.82, 2.24) is 39.0 Å². The Balaban J connectivity index is 0.000000204. The van der Waals surface area contributed by atoms with Crippen molar-refractivity contribution in [3.8, 4) is 0 Å². The van der Waals surface area contributed by atoms with E-state index in [1.807, 2.05) is 33.9 Å². The van der Waals surface area contributed by atoms with Crippen LogP contribution in [0.4, 0.5) is 11.6 Å². The van der Waals surface area contributed by atoms with Crippen molar-refractivity contribution in [3.63, 3.8) is 0 Å².